The van der Waals surface area contributed by atoms with Gasteiger partial charge >= 0.3 is 0 Å². The van der Waals surface area contributed by atoms with E-state index in [-0.39, 0.29) is 0 Å². The summed E-state index contributed by atoms with van der Waals surface area (Å²) in [5.41, 5.74) is 2.19. The van der Waals surface area contributed by atoms with Crippen molar-refractivity contribution in [3.63, 3.8) is 0 Å². The molecule has 1 aromatic heterocycles. The molecule has 0 bridgehead atoms. The molecule has 2 aromatic rings. The number of para-hydroxylation sites is 1. The molecule has 1 aliphatic heterocycles. The van der Waals surface area contributed by atoms with E-state index in [1.807, 2.05) is 39.1 Å². The molecule has 1 saturated heterocycles. The normalized spacial score (nSPS) is 15.9. The number of likely N-dealkylation sites (tertiary alicyclic amines) is 1. The number of methoxy groups -OCH3 is 1. The van der Waals surface area contributed by atoms with Crippen LogP contribution in [0.3, 0.4) is 0 Å². The highest BCUT2D eigenvalue weighted by atomic mass is 16.5. The van der Waals surface area contributed by atoms with Crippen molar-refractivity contribution < 1.29 is 9.15 Å². The molecule has 7 nitrogen and oxygen atoms in total. The van der Waals surface area contributed by atoms with E-state index in [0.29, 0.717) is 5.92 Å². The highest BCUT2D eigenvalue weighted by Gasteiger charge is 2.21. The molecule has 0 radical (unpaired) electrons. The minimum atomic E-state index is 0.655. The van der Waals surface area contributed by atoms with E-state index in [1.165, 1.54) is 18.4 Å². The summed E-state index contributed by atoms with van der Waals surface area (Å²) in [5, 5.41) is 6.90. The third-order valence-corrected chi connectivity index (χ3v) is 5.80. The van der Waals surface area contributed by atoms with Crippen LogP contribution < -0.4 is 15.4 Å². The van der Waals surface area contributed by atoms with E-state index in [1.54, 1.807) is 7.11 Å². The van der Waals surface area contributed by atoms with Crippen LogP contribution in [-0.4, -0.2) is 56.2 Å². The van der Waals surface area contributed by atoms with E-state index in [4.69, 9.17) is 9.15 Å². The van der Waals surface area contributed by atoms with Crippen molar-refractivity contribution in [3.05, 3.63) is 47.2 Å². The average molecular weight is 414 g/mol. The first-order chi connectivity index (χ1) is 14.6. The number of guanidine groups is 1. The number of nitrogens with one attached hydrogen (secondary N) is 2. The molecular weight excluding hydrogens is 378 g/mol. The van der Waals surface area contributed by atoms with Gasteiger partial charge in [-0.25, -0.2) is 4.98 Å². The summed E-state index contributed by atoms with van der Waals surface area (Å²) in [4.78, 5) is 11.3. The fraction of sp³-hybridized carbons (Fsp3) is 0.565. The van der Waals surface area contributed by atoms with Crippen molar-refractivity contribution in [1.82, 2.24) is 20.5 Å². The second kappa shape index (κ2) is 11.0. The molecule has 3 rings (SSSR count). The summed E-state index contributed by atoms with van der Waals surface area (Å²) in [6.07, 6.45) is 3.23. The minimum absolute atomic E-state index is 0.655. The van der Waals surface area contributed by atoms with Crippen molar-refractivity contribution in [2.45, 2.75) is 39.7 Å². The Morgan fingerprint density at radius 2 is 2.00 bits per heavy atom. The van der Waals surface area contributed by atoms with Gasteiger partial charge in [0.25, 0.3) is 0 Å². The third kappa shape index (κ3) is 6.23. The van der Waals surface area contributed by atoms with E-state index >= 15 is 0 Å². The molecule has 2 N–H and O–H groups in total. The van der Waals surface area contributed by atoms with Gasteiger partial charge in [-0.3, -0.25) is 9.89 Å². The van der Waals surface area contributed by atoms with Crippen LogP contribution in [0.2, 0.25) is 0 Å². The van der Waals surface area contributed by atoms with E-state index in [9.17, 15) is 0 Å². The van der Waals surface area contributed by atoms with Gasteiger partial charge in [0.1, 0.15) is 11.5 Å². The number of rotatable bonds is 8. The van der Waals surface area contributed by atoms with Crippen LogP contribution in [0.4, 0.5) is 0 Å². The zero-order chi connectivity index (χ0) is 21.3. The predicted octanol–water partition coefficient (Wildman–Crippen LogP) is 2.92. The lowest BCUT2D eigenvalue weighted by atomic mass is 9.97. The van der Waals surface area contributed by atoms with Crippen molar-refractivity contribution in [1.29, 1.82) is 0 Å². The van der Waals surface area contributed by atoms with Crippen LogP contribution in [-0.2, 0) is 13.0 Å². The maximum Gasteiger partial charge on any atom is 0.208 e. The van der Waals surface area contributed by atoms with Crippen LogP contribution in [0.5, 0.6) is 5.75 Å². The monoisotopic (exact) mass is 413 g/mol. The van der Waals surface area contributed by atoms with Crippen LogP contribution in [0.15, 0.2) is 33.7 Å². The molecule has 7 heteroatoms. The second-order valence-corrected chi connectivity index (χ2v) is 7.91. The lowest BCUT2D eigenvalue weighted by molar-refractivity contribution is 0.164. The van der Waals surface area contributed by atoms with Gasteiger partial charge in [-0.2, -0.15) is 0 Å². The second-order valence-electron chi connectivity index (χ2n) is 7.91. The van der Waals surface area contributed by atoms with Gasteiger partial charge < -0.3 is 19.8 Å². The number of ether oxygens (including phenoxy) is 1. The molecule has 0 amide bonds. The number of hydrogen-bond donors (Lipinski definition) is 2. The Morgan fingerprint density at radius 3 is 2.67 bits per heavy atom. The molecule has 0 spiro atoms. The molecule has 1 fully saturated rings. The van der Waals surface area contributed by atoms with Crippen molar-refractivity contribution >= 4 is 5.96 Å². The Morgan fingerprint density at radius 1 is 1.23 bits per heavy atom. The largest absolute Gasteiger partial charge is 0.496 e. The maximum atomic E-state index is 5.72. The summed E-state index contributed by atoms with van der Waals surface area (Å²) < 4.78 is 11.1. The average Bonchev–Trinajstić information content (AvgIpc) is 3.08. The summed E-state index contributed by atoms with van der Waals surface area (Å²) in [6, 6.07) is 8.14. The first kappa shape index (κ1) is 22.2. The molecular formula is C23H35N5O2. The number of aromatic nitrogens is 1. The fourth-order valence-corrected chi connectivity index (χ4v) is 3.83. The highest BCUT2D eigenvalue weighted by Crippen LogP contribution is 2.19. The van der Waals surface area contributed by atoms with Crippen LogP contribution >= 0.6 is 0 Å². The summed E-state index contributed by atoms with van der Waals surface area (Å²) in [7, 11) is 3.53. The number of aliphatic imine (C=N–C) groups is 1. The number of benzene rings is 1. The molecule has 30 heavy (non-hydrogen) atoms. The van der Waals surface area contributed by atoms with E-state index in [0.717, 1.165) is 68.2 Å². The van der Waals surface area contributed by atoms with Crippen molar-refractivity contribution in [3.8, 4) is 5.75 Å². The first-order valence-electron chi connectivity index (χ1n) is 10.8. The van der Waals surface area contributed by atoms with Gasteiger partial charge in [-0.15, -0.1) is 0 Å². The van der Waals surface area contributed by atoms with Crippen molar-refractivity contribution in [2.24, 2.45) is 10.9 Å². The van der Waals surface area contributed by atoms with E-state index in [2.05, 4.69) is 31.6 Å². The van der Waals surface area contributed by atoms with Crippen LogP contribution in [0.1, 0.15) is 35.7 Å². The van der Waals surface area contributed by atoms with Gasteiger partial charge in [0.15, 0.2) is 5.96 Å². The number of aryl methyl sites for hydroxylation is 2. The maximum absolute atomic E-state index is 5.72. The van der Waals surface area contributed by atoms with Gasteiger partial charge in [-0.05, 0) is 63.7 Å². The van der Waals surface area contributed by atoms with Crippen molar-refractivity contribution in [2.75, 3.05) is 40.3 Å². The molecule has 0 atom stereocenters. The number of piperidine rings is 1. The SMILES string of the molecule is CN=C(NCCc1ccccc1OC)NCC1CCN(Cc2nc(C)c(C)o2)CC1. The Balaban J connectivity index is 1.35. The zero-order valence-electron chi connectivity index (χ0n) is 18.7. The highest BCUT2D eigenvalue weighted by molar-refractivity contribution is 5.79. The third-order valence-electron chi connectivity index (χ3n) is 5.80. The lowest BCUT2D eigenvalue weighted by Gasteiger charge is -2.31. The number of hydrogen-bond acceptors (Lipinski definition) is 5. The smallest absolute Gasteiger partial charge is 0.208 e. The Hall–Kier alpha value is -2.54. The zero-order valence-corrected chi connectivity index (χ0v) is 18.7. The van der Waals surface area contributed by atoms with E-state index < -0.39 is 0 Å². The molecule has 0 unspecified atom stereocenters. The topological polar surface area (TPSA) is 74.9 Å². The number of nitrogens with zero attached hydrogens (tertiary/aromatic N) is 3. The van der Waals surface area contributed by atoms with Crippen LogP contribution in [0.25, 0.3) is 0 Å². The Labute approximate surface area is 179 Å². The molecule has 0 aliphatic carbocycles. The van der Waals surface area contributed by atoms with Gasteiger partial charge in [-0.1, -0.05) is 18.2 Å². The molecule has 1 aliphatic rings. The summed E-state index contributed by atoms with van der Waals surface area (Å²) in [5.74, 6) is 4.21. The summed E-state index contributed by atoms with van der Waals surface area (Å²) in [6.45, 7) is 8.69. The molecule has 1 aromatic carbocycles. The Kier molecular flexibility index (Phi) is 8.13. The van der Waals surface area contributed by atoms with Crippen LogP contribution in [0, 0.1) is 19.8 Å². The standard InChI is InChI=1S/C23H35N5O2/c1-17-18(2)30-22(27-17)16-28-13-10-19(11-14-28)15-26-23(24-3)25-12-9-20-7-5-6-8-21(20)29-4/h5-8,19H,9-16H2,1-4H3,(H2,24,25,26). The minimum Gasteiger partial charge on any atom is -0.496 e. The predicted molar refractivity (Wildman–Crippen MR) is 120 cm³/mol. The fourth-order valence-electron chi connectivity index (χ4n) is 3.83. The summed E-state index contributed by atoms with van der Waals surface area (Å²) >= 11 is 0. The Bertz CT molecular complexity index is 805. The van der Waals surface area contributed by atoms with Gasteiger partial charge in [0.2, 0.25) is 5.89 Å². The molecule has 0 saturated carbocycles. The first-order valence-corrected chi connectivity index (χ1v) is 10.8. The number of oxazole rings is 1. The quantitative estimate of drug-likeness (QED) is 0.512. The lowest BCUT2D eigenvalue weighted by Crippen LogP contribution is -2.43. The van der Waals surface area contributed by atoms with Gasteiger partial charge in [0.05, 0.1) is 19.3 Å². The molecule has 164 valence electrons. The van der Waals surface area contributed by atoms with Gasteiger partial charge in [0, 0.05) is 20.1 Å². The molecule has 2 heterocycles.